The summed E-state index contributed by atoms with van der Waals surface area (Å²) in [5.41, 5.74) is 0.989. The van der Waals surface area contributed by atoms with Gasteiger partial charge in [0.25, 0.3) is 5.82 Å². The lowest BCUT2D eigenvalue weighted by atomic mass is 10.1. The Morgan fingerprint density at radius 1 is 1.04 bits per heavy atom. The van der Waals surface area contributed by atoms with E-state index in [0.717, 1.165) is 10.2 Å². The third-order valence-electron chi connectivity index (χ3n) is 3.74. The van der Waals surface area contributed by atoms with Gasteiger partial charge in [-0.05, 0) is 22.7 Å². The van der Waals surface area contributed by atoms with Gasteiger partial charge < -0.3 is 0 Å². The molecule has 3 aromatic rings. The van der Waals surface area contributed by atoms with Crippen LogP contribution in [0.4, 0.5) is 13.2 Å². The topological polar surface area (TPSA) is 21.7 Å². The molecule has 1 heterocycles. The smallest absolute Gasteiger partial charge is 0.159 e. The number of benzene rings is 2. The van der Waals surface area contributed by atoms with Crippen LogP contribution in [0.3, 0.4) is 0 Å². The third-order valence-corrected chi connectivity index (χ3v) is 4.53. The van der Waals surface area contributed by atoms with Gasteiger partial charge >= 0.3 is 12.0 Å². The van der Waals surface area contributed by atoms with Crippen LogP contribution in [0.5, 0.6) is 0 Å². The van der Waals surface area contributed by atoms with Gasteiger partial charge in [0.1, 0.15) is 12.7 Å². The molecular formula is C17H12Cl3F3N3+. The molecule has 3 rings (SSSR count). The molecule has 0 aliphatic heterocycles. The molecule has 9 heteroatoms. The zero-order valence-electron chi connectivity index (χ0n) is 13.4. The van der Waals surface area contributed by atoms with Crippen molar-refractivity contribution >= 4 is 34.8 Å². The van der Waals surface area contributed by atoms with E-state index < -0.39 is 12.0 Å². The van der Waals surface area contributed by atoms with Crippen molar-refractivity contribution < 1.29 is 17.9 Å². The largest absolute Gasteiger partial charge is 0.501 e. The van der Waals surface area contributed by atoms with Crippen LogP contribution in [0, 0.1) is 0 Å². The molecule has 0 saturated carbocycles. The van der Waals surface area contributed by atoms with Gasteiger partial charge in [0, 0.05) is 5.02 Å². The lowest BCUT2D eigenvalue weighted by Gasteiger charge is -2.10. The Hall–Kier alpha value is -1.76. The Bertz CT molecular complexity index is 930. The quantitative estimate of drug-likeness (QED) is 0.528. The molecule has 0 N–H and O–H groups in total. The van der Waals surface area contributed by atoms with Crippen molar-refractivity contribution in [3.8, 4) is 5.69 Å². The summed E-state index contributed by atoms with van der Waals surface area (Å²) in [7, 11) is 1.26. The maximum atomic E-state index is 13.4. The highest BCUT2D eigenvalue weighted by Gasteiger charge is 2.47. The second-order valence-electron chi connectivity index (χ2n) is 5.57. The summed E-state index contributed by atoms with van der Waals surface area (Å²) >= 11 is 18.4. The van der Waals surface area contributed by atoms with Crippen molar-refractivity contribution in [1.29, 1.82) is 0 Å². The van der Waals surface area contributed by atoms with E-state index >= 15 is 0 Å². The normalized spacial score (nSPS) is 11.8. The van der Waals surface area contributed by atoms with Crippen LogP contribution in [0.2, 0.25) is 15.1 Å². The summed E-state index contributed by atoms with van der Waals surface area (Å²) in [6.07, 6.45) is -4.46. The molecule has 0 unspecified atom stereocenters. The summed E-state index contributed by atoms with van der Waals surface area (Å²) in [6.45, 7) is 0. The third kappa shape index (κ3) is 3.68. The monoisotopic (exact) mass is 420 g/mol. The van der Waals surface area contributed by atoms with Crippen molar-refractivity contribution in [2.24, 2.45) is 7.05 Å². The number of aromatic nitrogens is 3. The number of hydrogen-bond acceptors (Lipinski definition) is 1. The predicted octanol–water partition coefficient (Wildman–Crippen LogP) is 5.27. The van der Waals surface area contributed by atoms with Gasteiger partial charge in [0.05, 0.1) is 16.5 Å². The predicted molar refractivity (Wildman–Crippen MR) is 94.0 cm³/mol. The molecule has 0 spiro atoms. The van der Waals surface area contributed by atoms with Crippen LogP contribution in [0.1, 0.15) is 17.2 Å². The summed E-state index contributed by atoms with van der Waals surface area (Å²) in [5.74, 6) is -0.900. The molecule has 2 aromatic carbocycles. The van der Waals surface area contributed by atoms with E-state index in [4.69, 9.17) is 34.8 Å². The average molecular weight is 422 g/mol. The Morgan fingerprint density at radius 2 is 1.62 bits per heavy atom. The van der Waals surface area contributed by atoms with E-state index in [1.807, 2.05) is 6.07 Å². The number of nitrogens with zero attached hydrogens (tertiary/aromatic N) is 3. The second kappa shape index (κ2) is 7.10. The summed E-state index contributed by atoms with van der Waals surface area (Å²) in [6, 6.07) is 11.9. The molecule has 136 valence electrons. The molecule has 0 radical (unpaired) electrons. The van der Waals surface area contributed by atoms with E-state index in [2.05, 4.69) is 4.98 Å². The maximum Gasteiger partial charge on any atom is 0.501 e. The Morgan fingerprint density at radius 3 is 2.15 bits per heavy atom. The van der Waals surface area contributed by atoms with E-state index in [0.29, 0.717) is 0 Å². The van der Waals surface area contributed by atoms with Crippen molar-refractivity contribution in [3.63, 3.8) is 0 Å². The zero-order chi connectivity index (χ0) is 19.1. The summed E-state index contributed by atoms with van der Waals surface area (Å²) < 4.78 is 42.3. The highest BCUT2D eigenvalue weighted by molar-refractivity contribution is 6.40. The first-order chi connectivity index (χ1) is 12.2. The molecule has 26 heavy (non-hydrogen) atoms. The standard InChI is InChI=1S/C17H12Cl3F3N3/c1-25-16(17(21,22)23)24-14(7-10-5-3-2-4-6-10)26(25)15-12(19)8-11(18)9-13(15)20/h2-6,8-9H,7H2,1H3/q+1. The van der Waals surface area contributed by atoms with Crippen molar-refractivity contribution in [1.82, 2.24) is 9.67 Å². The fraction of sp³-hybridized carbons (Fsp3) is 0.176. The van der Waals surface area contributed by atoms with Gasteiger partial charge in [-0.15, -0.1) is 9.36 Å². The first-order valence-corrected chi connectivity index (χ1v) is 8.56. The van der Waals surface area contributed by atoms with E-state index in [1.54, 1.807) is 24.3 Å². The number of hydrogen-bond donors (Lipinski definition) is 0. The van der Waals surface area contributed by atoms with Gasteiger partial charge in [-0.25, -0.2) is 0 Å². The lowest BCUT2D eigenvalue weighted by molar-refractivity contribution is -0.761. The van der Waals surface area contributed by atoms with Crippen LogP contribution in [-0.2, 0) is 19.6 Å². The fourth-order valence-corrected chi connectivity index (χ4v) is 3.64. The molecule has 0 atom stereocenters. The zero-order valence-corrected chi connectivity index (χ0v) is 15.6. The molecule has 3 nitrogen and oxygen atoms in total. The summed E-state index contributed by atoms with van der Waals surface area (Å²) in [4.78, 5) is 3.81. The van der Waals surface area contributed by atoms with Crippen LogP contribution < -0.4 is 4.68 Å². The fourth-order valence-electron chi connectivity index (χ4n) is 2.67. The van der Waals surface area contributed by atoms with Crippen LogP contribution in [0.25, 0.3) is 5.69 Å². The number of halogens is 6. The highest BCUT2D eigenvalue weighted by atomic mass is 35.5. The van der Waals surface area contributed by atoms with E-state index in [9.17, 15) is 13.2 Å². The number of alkyl halides is 3. The minimum atomic E-state index is -4.63. The molecule has 0 amide bonds. The van der Waals surface area contributed by atoms with Crippen molar-refractivity contribution in [3.05, 3.63) is 74.7 Å². The van der Waals surface area contributed by atoms with Gasteiger partial charge in [0.15, 0.2) is 0 Å². The molecular weight excluding hydrogens is 410 g/mol. The average Bonchev–Trinajstić information content (AvgIpc) is 2.85. The SMILES string of the molecule is C[n+]1c(C(F)(F)F)nc(Cc2ccccc2)n1-c1c(Cl)cc(Cl)cc1Cl. The number of rotatable bonds is 3. The molecule has 0 bridgehead atoms. The molecule has 0 fully saturated rings. The first-order valence-electron chi connectivity index (χ1n) is 7.42. The minimum absolute atomic E-state index is 0.124. The minimum Gasteiger partial charge on any atom is -0.159 e. The van der Waals surface area contributed by atoms with E-state index in [-0.39, 0.29) is 33.0 Å². The van der Waals surface area contributed by atoms with Crippen LogP contribution in [-0.4, -0.2) is 9.67 Å². The highest BCUT2D eigenvalue weighted by Crippen LogP contribution is 2.34. The molecule has 1 aromatic heterocycles. The van der Waals surface area contributed by atoms with Crippen LogP contribution >= 0.6 is 34.8 Å². The van der Waals surface area contributed by atoms with Gasteiger partial charge in [0.2, 0.25) is 0 Å². The Kier molecular flexibility index (Phi) is 5.19. The second-order valence-corrected chi connectivity index (χ2v) is 6.82. The first kappa shape index (κ1) is 19.0. The maximum absolute atomic E-state index is 13.4. The van der Waals surface area contributed by atoms with Gasteiger partial charge in [-0.2, -0.15) is 13.2 Å². The Balaban J connectivity index is 2.25. The van der Waals surface area contributed by atoms with Gasteiger partial charge in [-0.3, -0.25) is 0 Å². The van der Waals surface area contributed by atoms with Crippen LogP contribution in [0.15, 0.2) is 42.5 Å². The Labute approximate surface area is 162 Å². The van der Waals surface area contributed by atoms with Crippen molar-refractivity contribution in [2.45, 2.75) is 12.6 Å². The van der Waals surface area contributed by atoms with Gasteiger partial charge in [-0.1, -0.05) is 65.1 Å². The lowest BCUT2D eigenvalue weighted by Crippen LogP contribution is -2.45. The molecule has 0 aliphatic rings. The summed E-state index contributed by atoms with van der Waals surface area (Å²) in [5, 5.41) is 0.532. The molecule has 0 saturated heterocycles. The van der Waals surface area contributed by atoms with E-state index in [1.165, 1.54) is 23.9 Å². The molecule has 0 aliphatic carbocycles. The van der Waals surface area contributed by atoms with Crippen molar-refractivity contribution in [2.75, 3.05) is 0 Å².